The summed E-state index contributed by atoms with van der Waals surface area (Å²) in [4.78, 5) is 53.3. The molecule has 3 rings (SSSR count). The summed E-state index contributed by atoms with van der Waals surface area (Å²) in [5.41, 5.74) is 1.50. The lowest BCUT2D eigenvalue weighted by molar-refractivity contribution is -0.170. The molecule has 0 aliphatic carbocycles. The summed E-state index contributed by atoms with van der Waals surface area (Å²) in [6.45, 7) is 4.98. The fourth-order valence-electron chi connectivity index (χ4n) is 4.16. The number of aldehydes is 1. The van der Waals surface area contributed by atoms with Gasteiger partial charge in [0.15, 0.2) is 0 Å². The molecule has 0 saturated carbocycles. The van der Waals surface area contributed by atoms with Gasteiger partial charge in [-0.25, -0.2) is 4.79 Å². The number of hydrogen-bond acceptors (Lipinski definition) is 7. The van der Waals surface area contributed by atoms with E-state index in [4.69, 9.17) is 14.2 Å². The third kappa shape index (κ3) is 10.6. The van der Waals surface area contributed by atoms with Crippen LogP contribution in [0.3, 0.4) is 0 Å². The van der Waals surface area contributed by atoms with Gasteiger partial charge < -0.3 is 23.9 Å². The Kier molecular flexibility index (Phi) is 11.6. The monoisotopic (exact) mass is 559 g/mol. The molecule has 0 radical (unpaired) electrons. The summed E-state index contributed by atoms with van der Waals surface area (Å²) in [6.07, 6.45) is -0.382. The molecule has 0 aliphatic rings. The van der Waals surface area contributed by atoms with Crippen molar-refractivity contribution in [2.24, 2.45) is 11.8 Å². The molecule has 41 heavy (non-hydrogen) atoms. The largest absolute Gasteiger partial charge is 0.461 e. The highest BCUT2D eigenvalue weighted by Gasteiger charge is 2.39. The minimum Gasteiger partial charge on any atom is -0.461 e. The second-order valence-corrected chi connectivity index (χ2v) is 10.6. The minimum atomic E-state index is -1.19. The van der Waals surface area contributed by atoms with Crippen molar-refractivity contribution in [3.05, 3.63) is 108 Å². The number of ether oxygens (including phenoxy) is 3. The lowest BCUT2D eigenvalue weighted by atomic mass is 9.88. The zero-order valence-corrected chi connectivity index (χ0v) is 23.7. The van der Waals surface area contributed by atoms with Gasteiger partial charge in [-0.05, 0) is 37.5 Å². The molecule has 0 heterocycles. The van der Waals surface area contributed by atoms with Crippen LogP contribution in [0.1, 0.15) is 43.9 Å². The number of hydrogen-bond donors (Lipinski definition) is 0. The van der Waals surface area contributed by atoms with Crippen molar-refractivity contribution in [3.8, 4) is 0 Å². The maximum absolute atomic E-state index is 13.6. The van der Waals surface area contributed by atoms with Crippen LogP contribution in [0.2, 0.25) is 0 Å². The van der Waals surface area contributed by atoms with E-state index in [1.807, 2.05) is 91.0 Å². The maximum atomic E-state index is 13.6. The van der Waals surface area contributed by atoms with Gasteiger partial charge in [0, 0.05) is 19.5 Å². The van der Waals surface area contributed by atoms with Gasteiger partial charge in [-0.2, -0.15) is 0 Å². The van der Waals surface area contributed by atoms with Crippen LogP contribution in [-0.2, 0) is 48.4 Å². The van der Waals surface area contributed by atoms with Crippen molar-refractivity contribution >= 4 is 24.3 Å². The van der Waals surface area contributed by atoms with Crippen molar-refractivity contribution in [1.82, 2.24) is 4.90 Å². The van der Waals surface area contributed by atoms with E-state index in [-0.39, 0.29) is 32.7 Å². The Morgan fingerprint density at radius 1 is 0.707 bits per heavy atom. The molecule has 0 aliphatic heterocycles. The molecule has 8 nitrogen and oxygen atoms in total. The first kappa shape index (κ1) is 31.1. The predicted molar refractivity (Wildman–Crippen MR) is 153 cm³/mol. The Balaban J connectivity index is 1.90. The number of nitrogens with zero attached hydrogens (tertiary/aromatic N) is 1. The second kappa shape index (κ2) is 15.4. The average Bonchev–Trinajstić information content (AvgIpc) is 2.96. The van der Waals surface area contributed by atoms with E-state index in [2.05, 4.69) is 0 Å². The lowest BCUT2D eigenvalue weighted by Gasteiger charge is -2.31. The van der Waals surface area contributed by atoms with Crippen LogP contribution >= 0.6 is 0 Å². The van der Waals surface area contributed by atoms with Crippen molar-refractivity contribution in [3.63, 3.8) is 0 Å². The summed E-state index contributed by atoms with van der Waals surface area (Å²) in [5.74, 6) is -3.80. The van der Waals surface area contributed by atoms with E-state index in [0.717, 1.165) is 16.7 Å². The first-order valence-electron chi connectivity index (χ1n) is 13.5. The summed E-state index contributed by atoms with van der Waals surface area (Å²) < 4.78 is 16.8. The quantitative estimate of drug-likeness (QED) is 0.150. The molecular weight excluding hydrogens is 522 g/mol. The van der Waals surface area contributed by atoms with Gasteiger partial charge in [-0.15, -0.1) is 0 Å². The summed E-state index contributed by atoms with van der Waals surface area (Å²) in [6, 6.07) is 27.5. The van der Waals surface area contributed by atoms with Gasteiger partial charge in [0.2, 0.25) is 0 Å². The number of benzene rings is 3. The smallest absolute Gasteiger partial charge is 0.410 e. The molecule has 2 atom stereocenters. The van der Waals surface area contributed by atoms with Gasteiger partial charge in [0.1, 0.15) is 25.1 Å². The highest BCUT2D eigenvalue weighted by atomic mass is 16.6. The molecule has 0 N–H and O–H groups in total. The number of carbonyl (C=O) groups is 4. The zero-order chi connectivity index (χ0) is 29.7. The standard InChI is InChI=1S/C33H37NO7/c1-33(2,3)41-31(37)28(19-20-35)29(30(36)39-23-26-15-9-5-10-16-26)22-34(21-25-13-7-4-8-14-25)32(38)40-24-27-17-11-6-12-18-27/h4-18,20,28-29H,19,21-24H2,1-3H3/t28-,29?/m0/s1. The van der Waals surface area contributed by atoms with E-state index in [1.54, 1.807) is 20.8 Å². The molecule has 3 aromatic carbocycles. The topological polar surface area (TPSA) is 99.2 Å². The van der Waals surface area contributed by atoms with Crippen LogP contribution in [-0.4, -0.2) is 41.4 Å². The van der Waals surface area contributed by atoms with E-state index in [0.29, 0.717) is 6.29 Å². The van der Waals surface area contributed by atoms with Crippen LogP contribution in [0.25, 0.3) is 0 Å². The normalized spacial score (nSPS) is 12.5. The fourth-order valence-corrected chi connectivity index (χ4v) is 4.16. The maximum Gasteiger partial charge on any atom is 0.410 e. The van der Waals surface area contributed by atoms with Crippen molar-refractivity contribution in [2.45, 2.75) is 52.6 Å². The molecule has 0 bridgehead atoms. The molecule has 0 fully saturated rings. The molecular formula is C33H37NO7. The van der Waals surface area contributed by atoms with Gasteiger partial charge in [-0.3, -0.25) is 9.59 Å². The van der Waals surface area contributed by atoms with Crippen LogP contribution in [0.4, 0.5) is 4.79 Å². The summed E-state index contributed by atoms with van der Waals surface area (Å²) in [5, 5.41) is 0. The second-order valence-electron chi connectivity index (χ2n) is 10.6. The molecule has 3 aromatic rings. The number of esters is 2. The molecule has 216 valence electrons. The predicted octanol–water partition coefficient (Wildman–Crippen LogP) is 5.73. The van der Waals surface area contributed by atoms with E-state index in [9.17, 15) is 19.2 Å². The van der Waals surface area contributed by atoms with Gasteiger partial charge in [-0.1, -0.05) is 91.0 Å². The Bertz CT molecular complexity index is 1260. The Hall–Kier alpha value is -4.46. The van der Waals surface area contributed by atoms with E-state index < -0.39 is 35.5 Å². The molecule has 1 amide bonds. The summed E-state index contributed by atoms with van der Waals surface area (Å²) in [7, 11) is 0. The average molecular weight is 560 g/mol. The third-order valence-electron chi connectivity index (χ3n) is 6.17. The Labute approximate surface area is 241 Å². The van der Waals surface area contributed by atoms with E-state index >= 15 is 0 Å². The highest BCUT2D eigenvalue weighted by Crippen LogP contribution is 2.25. The van der Waals surface area contributed by atoms with Crippen LogP contribution in [0.15, 0.2) is 91.0 Å². The van der Waals surface area contributed by atoms with Crippen LogP contribution < -0.4 is 0 Å². The first-order valence-corrected chi connectivity index (χ1v) is 13.5. The number of amides is 1. The minimum absolute atomic E-state index is 0.0257. The van der Waals surface area contributed by atoms with E-state index in [1.165, 1.54) is 4.90 Å². The van der Waals surface area contributed by atoms with Gasteiger partial charge >= 0.3 is 18.0 Å². The highest BCUT2D eigenvalue weighted by molar-refractivity contribution is 5.84. The molecule has 8 heteroatoms. The molecule has 0 saturated heterocycles. The van der Waals surface area contributed by atoms with Gasteiger partial charge in [0.05, 0.1) is 11.8 Å². The Morgan fingerprint density at radius 3 is 1.68 bits per heavy atom. The van der Waals surface area contributed by atoms with Crippen molar-refractivity contribution < 1.29 is 33.4 Å². The first-order chi connectivity index (χ1) is 19.7. The van der Waals surface area contributed by atoms with Crippen molar-refractivity contribution in [2.75, 3.05) is 6.54 Å². The zero-order valence-electron chi connectivity index (χ0n) is 23.7. The number of carbonyl (C=O) groups excluding carboxylic acids is 4. The number of rotatable bonds is 13. The SMILES string of the molecule is CC(C)(C)OC(=O)[C@@H](CC=O)C(CN(Cc1ccccc1)C(=O)OCc1ccccc1)C(=O)OCc1ccccc1. The lowest BCUT2D eigenvalue weighted by Crippen LogP contribution is -2.44. The molecule has 1 unspecified atom stereocenters. The molecule has 0 spiro atoms. The fraction of sp³-hybridized carbons (Fsp3) is 0.333. The van der Waals surface area contributed by atoms with Crippen LogP contribution in [0, 0.1) is 11.8 Å². The summed E-state index contributed by atoms with van der Waals surface area (Å²) >= 11 is 0. The van der Waals surface area contributed by atoms with Crippen LogP contribution in [0.5, 0.6) is 0 Å². The van der Waals surface area contributed by atoms with Gasteiger partial charge in [0.25, 0.3) is 0 Å². The van der Waals surface area contributed by atoms with Crippen molar-refractivity contribution in [1.29, 1.82) is 0 Å². The third-order valence-corrected chi connectivity index (χ3v) is 6.17. The molecule has 0 aromatic heterocycles. The Morgan fingerprint density at radius 2 is 1.20 bits per heavy atom.